The molecule has 0 bridgehead atoms. The minimum Gasteiger partial charge on any atom is -0.461 e. The molecular weight excluding hydrogens is 320 g/mol. The van der Waals surface area contributed by atoms with Gasteiger partial charge in [0.2, 0.25) is 0 Å². The first-order valence-corrected chi connectivity index (χ1v) is 8.71. The molecule has 2 heterocycles. The normalized spacial score (nSPS) is 20.8. The van der Waals surface area contributed by atoms with Crippen molar-refractivity contribution in [3.05, 3.63) is 35.6 Å². The second kappa shape index (κ2) is 7.56. The number of hydrogen-bond donors (Lipinski definition) is 2. The molecule has 2 aromatic rings. The third kappa shape index (κ3) is 3.86. The number of aliphatic hydroxyl groups is 2. The molecule has 136 valence electrons. The molecule has 1 aliphatic heterocycles. The third-order valence-electron chi connectivity index (χ3n) is 5.01. The lowest BCUT2D eigenvalue weighted by Gasteiger charge is -2.23. The second-order valence-electron chi connectivity index (χ2n) is 7.01. The number of benzene rings is 1. The van der Waals surface area contributed by atoms with E-state index in [2.05, 4.69) is 0 Å². The molecule has 0 radical (unpaired) electrons. The van der Waals surface area contributed by atoms with Crippen molar-refractivity contribution >= 4 is 16.9 Å². The van der Waals surface area contributed by atoms with Crippen molar-refractivity contribution in [2.75, 3.05) is 46.4 Å². The van der Waals surface area contributed by atoms with Crippen LogP contribution in [-0.2, 0) is 0 Å². The van der Waals surface area contributed by atoms with Crippen molar-refractivity contribution < 1.29 is 19.4 Å². The van der Waals surface area contributed by atoms with Gasteiger partial charge in [0, 0.05) is 49.7 Å². The molecule has 0 aliphatic carbocycles. The average Bonchev–Trinajstić information content (AvgIpc) is 3.15. The second-order valence-corrected chi connectivity index (χ2v) is 7.01. The van der Waals surface area contributed by atoms with Crippen LogP contribution in [0.25, 0.3) is 11.0 Å². The molecule has 1 fully saturated rings. The Labute approximate surface area is 147 Å². The standard InChI is InChI=1S/C19H26N2O4/c1-13-7-15-8-14(3-4-18(15)25-13)19(24)21-10-16(17(11-21)12-23)9-20(2)5-6-22/h3-4,7-8,16-17,22-23H,5-6,9-12H2,1-2H3/t16-,17-/m1/s1. The maximum atomic E-state index is 12.9. The Morgan fingerprint density at radius 1 is 1.28 bits per heavy atom. The summed E-state index contributed by atoms with van der Waals surface area (Å²) in [7, 11) is 1.95. The van der Waals surface area contributed by atoms with Crippen molar-refractivity contribution in [2.45, 2.75) is 6.92 Å². The molecule has 6 nitrogen and oxygen atoms in total. The van der Waals surface area contributed by atoms with Crippen molar-refractivity contribution in [1.82, 2.24) is 9.80 Å². The van der Waals surface area contributed by atoms with E-state index in [-0.39, 0.29) is 31.0 Å². The smallest absolute Gasteiger partial charge is 0.253 e. The SMILES string of the molecule is Cc1cc2cc(C(=O)N3C[C@@H](CN(C)CCO)[C@@H](CO)C3)ccc2o1. The number of rotatable bonds is 6. The van der Waals surface area contributed by atoms with Gasteiger partial charge >= 0.3 is 0 Å². The monoisotopic (exact) mass is 346 g/mol. The van der Waals surface area contributed by atoms with Crippen LogP contribution in [0.3, 0.4) is 0 Å². The molecule has 0 unspecified atom stereocenters. The first-order chi connectivity index (χ1) is 12.0. The average molecular weight is 346 g/mol. The van der Waals surface area contributed by atoms with Crippen LogP contribution < -0.4 is 0 Å². The van der Waals surface area contributed by atoms with Gasteiger partial charge in [0.15, 0.2) is 0 Å². The highest BCUT2D eigenvalue weighted by Crippen LogP contribution is 2.27. The number of aliphatic hydroxyl groups excluding tert-OH is 2. The van der Waals surface area contributed by atoms with E-state index in [1.165, 1.54) is 0 Å². The summed E-state index contributed by atoms with van der Waals surface area (Å²) in [6.07, 6.45) is 0. The van der Waals surface area contributed by atoms with E-state index >= 15 is 0 Å². The first-order valence-electron chi connectivity index (χ1n) is 8.71. The van der Waals surface area contributed by atoms with Crippen LogP contribution in [-0.4, -0.2) is 72.4 Å². The minimum absolute atomic E-state index is 0.00786. The molecule has 1 aromatic heterocycles. The summed E-state index contributed by atoms with van der Waals surface area (Å²) in [6.45, 7) is 4.62. The molecule has 25 heavy (non-hydrogen) atoms. The van der Waals surface area contributed by atoms with Gasteiger partial charge in [0.25, 0.3) is 5.91 Å². The number of amides is 1. The van der Waals surface area contributed by atoms with E-state index in [9.17, 15) is 9.90 Å². The van der Waals surface area contributed by atoms with E-state index in [0.29, 0.717) is 25.2 Å². The summed E-state index contributed by atoms with van der Waals surface area (Å²) in [4.78, 5) is 16.7. The van der Waals surface area contributed by atoms with Crippen LogP contribution >= 0.6 is 0 Å². The number of carbonyl (C=O) groups excluding carboxylic acids is 1. The molecule has 1 saturated heterocycles. The third-order valence-corrected chi connectivity index (χ3v) is 5.01. The van der Waals surface area contributed by atoms with E-state index in [0.717, 1.165) is 23.3 Å². The Kier molecular flexibility index (Phi) is 5.42. The van der Waals surface area contributed by atoms with Crippen molar-refractivity contribution in [2.24, 2.45) is 11.8 Å². The van der Waals surface area contributed by atoms with E-state index in [1.54, 1.807) is 6.07 Å². The Bertz CT molecular complexity index is 742. The molecule has 0 saturated carbocycles. The highest BCUT2D eigenvalue weighted by Gasteiger charge is 2.35. The Balaban J connectivity index is 1.72. The molecule has 0 spiro atoms. The number of likely N-dealkylation sites (tertiary alicyclic amines) is 1. The number of aryl methyl sites for hydroxylation is 1. The maximum Gasteiger partial charge on any atom is 0.253 e. The Hall–Kier alpha value is -1.89. The predicted octanol–water partition coefficient (Wildman–Crippen LogP) is 1.35. The lowest BCUT2D eigenvalue weighted by Crippen LogP contribution is -2.33. The van der Waals surface area contributed by atoms with Gasteiger partial charge in [-0.3, -0.25) is 4.79 Å². The fraction of sp³-hybridized carbons (Fsp3) is 0.526. The molecule has 1 aromatic carbocycles. The lowest BCUT2D eigenvalue weighted by atomic mass is 9.96. The van der Waals surface area contributed by atoms with Gasteiger partial charge in [-0.25, -0.2) is 0 Å². The van der Waals surface area contributed by atoms with Gasteiger partial charge in [0.1, 0.15) is 11.3 Å². The highest BCUT2D eigenvalue weighted by molar-refractivity contribution is 5.98. The fourth-order valence-corrected chi connectivity index (χ4v) is 3.67. The van der Waals surface area contributed by atoms with Gasteiger partial charge in [-0.1, -0.05) is 0 Å². The van der Waals surface area contributed by atoms with Crippen molar-refractivity contribution in [3.63, 3.8) is 0 Å². The molecular formula is C19H26N2O4. The first kappa shape index (κ1) is 17.9. The molecule has 6 heteroatoms. The molecule has 1 amide bonds. The van der Waals surface area contributed by atoms with Gasteiger partial charge in [-0.2, -0.15) is 0 Å². The Morgan fingerprint density at radius 3 is 2.76 bits per heavy atom. The number of nitrogens with zero attached hydrogens (tertiary/aromatic N) is 2. The van der Waals surface area contributed by atoms with Crippen LogP contribution in [0, 0.1) is 18.8 Å². The number of fused-ring (bicyclic) bond motifs is 1. The zero-order valence-corrected chi connectivity index (χ0v) is 14.8. The summed E-state index contributed by atoms with van der Waals surface area (Å²) >= 11 is 0. The number of likely N-dealkylation sites (N-methyl/N-ethyl adjacent to an activating group) is 1. The van der Waals surface area contributed by atoms with Crippen LogP contribution in [0.4, 0.5) is 0 Å². The van der Waals surface area contributed by atoms with Crippen LogP contribution in [0.15, 0.2) is 28.7 Å². The van der Waals surface area contributed by atoms with E-state index in [4.69, 9.17) is 9.52 Å². The lowest BCUT2D eigenvalue weighted by molar-refractivity contribution is 0.0779. The number of furan rings is 1. The highest BCUT2D eigenvalue weighted by atomic mass is 16.3. The van der Waals surface area contributed by atoms with Gasteiger partial charge < -0.3 is 24.4 Å². The van der Waals surface area contributed by atoms with E-state index in [1.807, 2.05) is 42.0 Å². The zero-order chi connectivity index (χ0) is 18.0. The summed E-state index contributed by atoms with van der Waals surface area (Å²) in [6, 6.07) is 7.43. The summed E-state index contributed by atoms with van der Waals surface area (Å²) < 4.78 is 5.56. The largest absolute Gasteiger partial charge is 0.461 e. The number of carbonyl (C=O) groups is 1. The maximum absolute atomic E-state index is 12.9. The molecule has 2 N–H and O–H groups in total. The predicted molar refractivity (Wildman–Crippen MR) is 95.5 cm³/mol. The van der Waals surface area contributed by atoms with Gasteiger partial charge in [0.05, 0.1) is 6.61 Å². The summed E-state index contributed by atoms with van der Waals surface area (Å²) in [5, 5.41) is 19.7. The quantitative estimate of drug-likeness (QED) is 0.826. The molecule has 2 atom stereocenters. The fourth-order valence-electron chi connectivity index (χ4n) is 3.67. The van der Waals surface area contributed by atoms with Crippen molar-refractivity contribution in [1.29, 1.82) is 0 Å². The minimum atomic E-state index is -0.00786. The number of hydrogen-bond acceptors (Lipinski definition) is 5. The topological polar surface area (TPSA) is 77.2 Å². The van der Waals surface area contributed by atoms with Crippen LogP contribution in [0.1, 0.15) is 16.1 Å². The van der Waals surface area contributed by atoms with Crippen LogP contribution in [0.2, 0.25) is 0 Å². The zero-order valence-electron chi connectivity index (χ0n) is 14.8. The molecule has 3 rings (SSSR count). The van der Waals surface area contributed by atoms with Crippen LogP contribution in [0.5, 0.6) is 0 Å². The molecule has 1 aliphatic rings. The Morgan fingerprint density at radius 2 is 2.04 bits per heavy atom. The summed E-state index contributed by atoms with van der Waals surface area (Å²) in [5.74, 6) is 1.11. The van der Waals surface area contributed by atoms with E-state index < -0.39 is 0 Å². The van der Waals surface area contributed by atoms with Gasteiger partial charge in [-0.15, -0.1) is 0 Å². The van der Waals surface area contributed by atoms with Gasteiger partial charge in [-0.05, 0) is 44.2 Å². The summed E-state index contributed by atoms with van der Waals surface area (Å²) in [5.41, 5.74) is 1.43. The van der Waals surface area contributed by atoms with Crippen molar-refractivity contribution in [3.8, 4) is 0 Å².